The van der Waals surface area contributed by atoms with Gasteiger partial charge in [-0.05, 0) is 30.5 Å². The molecule has 0 spiro atoms. The lowest BCUT2D eigenvalue weighted by molar-refractivity contribution is 0.0908. The van der Waals surface area contributed by atoms with Gasteiger partial charge in [-0.3, -0.25) is 4.79 Å². The van der Waals surface area contributed by atoms with E-state index in [4.69, 9.17) is 16.7 Å². The fraction of sp³-hybridized carbons (Fsp3) is 0.462. The van der Waals surface area contributed by atoms with Crippen molar-refractivity contribution in [1.29, 1.82) is 0 Å². The Labute approximate surface area is 111 Å². The highest BCUT2D eigenvalue weighted by molar-refractivity contribution is 6.31. The van der Waals surface area contributed by atoms with E-state index in [1.807, 2.05) is 13.8 Å². The molecule has 0 aliphatic heterocycles. The van der Waals surface area contributed by atoms with Crippen LogP contribution in [0.1, 0.15) is 30.6 Å². The first-order valence-electron chi connectivity index (χ1n) is 5.80. The zero-order valence-electron chi connectivity index (χ0n) is 10.4. The fourth-order valence-corrected chi connectivity index (χ4v) is 1.83. The van der Waals surface area contributed by atoms with Gasteiger partial charge >= 0.3 is 0 Å². The molecule has 1 rings (SSSR count). The minimum absolute atomic E-state index is 0.0907. The number of carbonyl (C=O) groups excluding carboxylic acids is 1. The predicted molar refractivity (Wildman–Crippen MR) is 69.2 cm³/mol. The van der Waals surface area contributed by atoms with Gasteiger partial charge in [0, 0.05) is 5.56 Å². The van der Waals surface area contributed by atoms with Crippen molar-refractivity contribution in [1.82, 2.24) is 5.32 Å². The highest BCUT2D eigenvalue weighted by atomic mass is 35.5. The van der Waals surface area contributed by atoms with Crippen LogP contribution in [0.2, 0.25) is 5.02 Å². The molecule has 0 saturated heterocycles. The summed E-state index contributed by atoms with van der Waals surface area (Å²) in [5.41, 5.74) is 0.281. The van der Waals surface area contributed by atoms with Crippen molar-refractivity contribution < 1.29 is 14.3 Å². The molecule has 1 unspecified atom stereocenters. The maximum Gasteiger partial charge on any atom is 0.251 e. The highest BCUT2D eigenvalue weighted by Gasteiger charge is 2.15. The second-order valence-corrected chi connectivity index (χ2v) is 5.02. The third-order valence-corrected chi connectivity index (χ3v) is 2.78. The van der Waals surface area contributed by atoms with Gasteiger partial charge in [0.1, 0.15) is 5.82 Å². The molecular weight excluding hydrogens is 257 g/mol. The predicted octanol–water partition coefficient (Wildman–Crippen LogP) is 2.62. The van der Waals surface area contributed by atoms with Crippen LogP contribution in [0.25, 0.3) is 0 Å². The molecule has 0 radical (unpaired) electrons. The van der Waals surface area contributed by atoms with E-state index < -0.39 is 5.82 Å². The van der Waals surface area contributed by atoms with Crippen molar-refractivity contribution in [2.75, 3.05) is 6.61 Å². The average Bonchev–Trinajstić information content (AvgIpc) is 2.31. The first-order valence-corrected chi connectivity index (χ1v) is 6.18. The summed E-state index contributed by atoms with van der Waals surface area (Å²) in [5.74, 6) is -0.565. The van der Waals surface area contributed by atoms with Gasteiger partial charge in [-0.15, -0.1) is 0 Å². The van der Waals surface area contributed by atoms with Crippen molar-refractivity contribution in [3.8, 4) is 0 Å². The van der Waals surface area contributed by atoms with Crippen molar-refractivity contribution >= 4 is 17.5 Å². The molecule has 3 nitrogen and oxygen atoms in total. The molecule has 1 aromatic carbocycles. The molecule has 0 aliphatic carbocycles. The molecular formula is C13H17ClFNO2. The Balaban J connectivity index is 2.71. The standard InChI is InChI=1S/C13H17ClFNO2/c1-8(2)5-10(7-17)16-13(18)9-3-4-12(15)11(14)6-9/h3-4,6,8,10,17H,5,7H2,1-2H3,(H,16,18). The molecule has 0 aliphatic rings. The Morgan fingerprint density at radius 3 is 2.67 bits per heavy atom. The Hall–Kier alpha value is -1.13. The monoisotopic (exact) mass is 273 g/mol. The average molecular weight is 274 g/mol. The lowest BCUT2D eigenvalue weighted by atomic mass is 10.0. The van der Waals surface area contributed by atoms with E-state index in [1.165, 1.54) is 12.1 Å². The van der Waals surface area contributed by atoms with Gasteiger partial charge in [-0.25, -0.2) is 4.39 Å². The molecule has 18 heavy (non-hydrogen) atoms. The first-order chi connectivity index (χ1) is 8.43. The van der Waals surface area contributed by atoms with E-state index in [0.29, 0.717) is 12.3 Å². The van der Waals surface area contributed by atoms with Crippen LogP contribution in [0.15, 0.2) is 18.2 Å². The maximum atomic E-state index is 13.0. The van der Waals surface area contributed by atoms with Gasteiger partial charge in [-0.1, -0.05) is 25.4 Å². The largest absolute Gasteiger partial charge is 0.394 e. The van der Waals surface area contributed by atoms with Crippen molar-refractivity contribution in [3.63, 3.8) is 0 Å². The summed E-state index contributed by atoms with van der Waals surface area (Å²) in [6, 6.07) is 3.48. The summed E-state index contributed by atoms with van der Waals surface area (Å²) >= 11 is 5.61. The minimum atomic E-state index is -0.561. The lowest BCUT2D eigenvalue weighted by Crippen LogP contribution is -2.38. The third kappa shape index (κ3) is 4.27. The van der Waals surface area contributed by atoms with Crippen LogP contribution in [-0.2, 0) is 0 Å². The Bertz CT molecular complexity index is 423. The van der Waals surface area contributed by atoms with Gasteiger partial charge < -0.3 is 10.4 Å². The van der Waals surface area contributed by atoms with Gasteiger partial charge in [-0.2, -0.15) is 0 Å². The molecule has 2 N–H and O–H groups in total. The van der Waals surface area contributed by atoms with Crippen LogP contribution in [-0.4, -0.2) is 23.7 Å². The molecule has 5 heteroatoms. The number of aliphatic hydroxyl groups excluding tert-OH is 1. The smallest absolute Gasteiger partial charge is 0.251 e. The summed E-state index contributed by atoms with van der Waals surface area (Å²) in [6.07, 6.45) is 0.678. The molecule has 0 saturated carbocycles. The van der Waals surface area contributed by atoms with E-state index in [0.717, 1.165) is 6.07 Å². The summed E-state index contributed by atoms with van der Waals surface area (Å²) in [5, 5.41) is 11.8. The molecule has 0 bridgehead atoms. The van der Waals surface area contributed by atoms with E-state index in [-0.39, 0.29) is 29.1 Å². The topological polar surface area (TPSA) is 49.3 Å². The summed E-state index contributed by atoms with van der Waals surface area (Å²) in [6.45, 7) is 3.88. The molecule has 0 heterocycles. The van der Waals surface area contributed by atoms with E-state index >= 15 is 0 Å². The van der Waals surface area contributed by atoms with Crippen molar-refractivity contribution in [3.05, 3.63) is 34.6 Å². The Morgan fingerprint density at radius 2 is 2.17 bits per heavy atom. The number of hydrogen-bond donors (Lipinski definition) is 2. The number of rotatable bonds is 5. The fourth-order valence-electron chi connectivity index (χ4n) is 1.65. The molecule has 0 aromatic heterocycles. The van der Waals surface area contributed by atoms with Gasteiger partial charge in [0.2, 0.25) is 0 Å². The van der Waals surface area contributed by atoms with Crippen LogP contribution >= 0.6 is 11.6 Å². The van der Waals surface area contributed by atoms with Gasteiger partial charge in [0.05, 0.1) is 17.7 Å². The van der Waals surface area contributed by atoms with E-state index in [9.17, 15) is 9.18 Å². The molecule has 1 aromatic rings. The van der Waals surface area contributed by atoms with E-state index in [1.54, 1.807) is 0 Å². The second kappa shape index (κ2) is 6.71. The van der Waals surface area contributed by atoms with Crippen molar-refractivity contribution in [2.45, 2.75) is 26.3 Å². The lowest BCUT2D eigenvalue weighted by Gasteiger charge is -2.18. The zero-order chi connectivity index (χ0) is 13.7. The van der Waals surface area contributed by atoms with Crippen molar-refractivity contribution in [2.24, 2.45) is 5.92 Å². The highest BCUT2D eigenvalue weighted by Crippen LogP contribution is 2.16. The number of nitrogens with one attached hydrogen (secondary N) is 1. The number of carbonyl (C=O) groups is 1. The molecule has 0 fully saturated rings. The van der Waals surface area contributed by atoms with Crippen LogP contribution in [0.3, 0.4) is 0 Å². The van der Waals surface area contributed by atoms with Crippen LogP contribution < -0.4 is 5.32 Å². The quantitative estimate of drug-likeness (QED) is 0.866. The summed E-state index contributed by atoms with van der Waals surface area (Å²) < 4.78 is 13.0. The minimum Gasteiger partial charge on any atom is -0.394 e. The number of amides is 1. The van der Waals surface area contributed by atoms with Gasteiger partial charge in [0.15, 0.2) is 0 Å². The van der Waals surface area contributed by atoms with Crippen LogP contribution in [0.5, 0.6) is 0 Å². The third-order valence-electron chi connectivity index (χ3n) is 2.49. The van der Waals surface area contributed by atoms with Crippen LogP contribution in [0, 0.1) is 11.7 Å². The number of hydrogen-bond acceptors (Lipinski definition) is 2. The number of benzene rings is 1. The summed E-state index contributed by atoms with van der Waals surface area (Å²) in [4.78, 5) is 11.9. The normalized spacial score (nSPS) is 12.6. The summed E-state index contributed by atoms with van der Waals surface area (Å²) in [7, 11) is 0. The second-order valence-electron chi connectivity index (χ2n) is 4.61. The Kier molecular flexibility index (Phi) is 5.56. The van der Waals surface area contributed by atoms with Gasteiger partial charge in [0.25, 0.3) is 5.91 Å². The van der Waals surface area contributed by atoms with Crippen LogP contribution in [0.4, 0.5) is 4.39 Å². The zero-order valence-corrected chi connectivity index (χ0v) is 11.2. The SMILES string of the molecule is CC(C)CC(CO)NC(=O)c1ccc(F)c(Cl)c1. The number of halogens is 2. The number of aliphatic hydroxyl groups is 1. The molecule has 1 atom stereocenters. The Morgan fingerprint density at radius 1 is 1.50 bits per heavy atom. The first kappa shape index (κ1) is 14.9. The molecule has 1 amide bonds. The maximum absolute atomic E-state index is 13.0. The molecule has 100 valence electrons. The van der Waals surface area contributed by atoms with E-state index in [2.05, 4.69) is 5.32 Å².